The van der Waals surface area contributed by atoms with Gasteiger partial charge in [0.15, 0.2) is 0 Å². The SMILES string of the molecule is CC(NC(=O)C1(C(N)=S)CCCCCC1)C(C)(C)C. The molecular formula is C15H28N2OS. The number of nitrogens with two attached hydrogens (primary N) is 1. The molecule has 1 aliphatic rings. The molecule has 1 amide bonds. The molecule has 4 heteroatoms. The lowest BCUT2D eigenvalue weighted by Gasteiger charge is -2.35. The minimum absolute atomic E-state index is 0.0318. The molecule has 1 unspecified atom stereocenters. The van der Waals surface area contributed by atoms with Gasteiger partial charge >= 0.3 is 0 Å². The van der Waals surface area contributed by atoms with E-state index in [-0.39, 0.29) is 17.4 Å². The van der Waals surface area contributed by atoms with Gasteiger partial charge in [0.05, 0.1) is 10.4 Å². The molecule has 0 aromatic rings. The maximum absolute atomic E-state index is 12.7. The Morgan fingerprint density at radius 2 is 1.68 bits per heavy atom. The van der Waals surface area contributed by atoms with E-state index in [1.165, 1.54) is 12.8 Å². The van der Waals surface area contributed by atoms with Crippen molar-refractivity contribution in [3.8, 4) is 0 Å². The summed E-state index contributed by atoms with van der Waals surface area (Å²) in [4.78, 5) is 13.1. The van der Waals surface area contributed by atoms with Crippen LogP contribution in [0.3, 0.4) is 0 Å². The quantitative estimate of drug-likeness (QED) is 0.618. The number of nitrogens with one attached hydrogen (secondary N) is 1. The van der Waals surface area contributed by atoms with Crippen molar-refractivity contribution >= 4 is 23.1 Å². The van der Waals surface area contributed by atoms with Crippen molar-refractivity contribution in [2.45, 2.75) is 72.3 Å². The lowest BCUT2D eigenvalue weighted by atomic mass is 9.78. The summed E-state index contributed by atoms with van der Waals surface area (Å²) >= 11 is 5.23. The molecule has 1 atom stereocenters. The number of carbonyl (C=O) groups excluding carboxylic acids is 1. The molecule has 0 radical (unpaired) electrons. The van der Waals surface area contributed by atoms with Crippen molar-refractivity contribution in [1.82, 2.24) is 5.32 Å². The second-order valence-corrected chi connectivity index (χ2v) is 7.36. The summed E-state index contributed by atoms with van der Waals surface area (Å²) in [5, 5.41) is 3.13. The molecule has 0 saturated heterocycles. The summed E-state index contributed by atoms with van der Waals surface area (Å²) in [5.41, 5.74) is 5.35. The Morgan fingerprint density at radius 3 is 2.05 bits per heavy atom. The molecule has 0 aliphatic heterocycles. The number of hydrogen-bond acceptors (Lipinski definition) is 2. The van der Waals surface area contributed by atoms with Gasteiger partial charge in [-0.15, -0.1) is 0 Å². The standard InChI is InChI=1S/C15H28N2OS/c1-11(14(2,3)4)17-13(18)15(12(16)19)9-7-5-6-8-10-15/h11H,5-10H2,1-4H3,(H2,16,19)(H,17,18). The molecule has 3 N–H and O–H groups in total. The van der Waals surface area contributed by atoms with Gasteiger partial charge in [0.1, 0.15) is 0 Å². The first-order valence-electron chi connectivity index (χ1n) is 7.31. The summed E-state index contributed by atoms with van der Waals surface area (Å²) in [5.74, 6) is 0.0318. The highest BCUT2D eigenvalue weighted by Crippen LogP contribution is 2.36. The van der Waals surface area contributed by atoms with Crippen LogP contribution in [0, 0.1) is 10.8 Å². The van der Waals surface area contributed by atoms with Crippen LogP contribution >= 0.6 is 12.2 Å². The van der Waals surface area contributed by atoms with E-state index in [0.29, 0.717) is 4.99 Å². The fourth-order valence-electron chi connectivity index (χ4n) is 2.47. The van der Waals surface area contributed by atoms with Crippen molar-refractivity contribution in [3.63, 3.8) is 0 Å². The molecule has 0 bridgehead atoms. The van der Waals surface area contributed by atoms with E-state index in [2.05, 4.69) is 26.1 Å². The van der Waals surface area contributed by atoms with Crippen molar-refractivity contribution < 1.29 is 4.79 Å². The number of thiocarbonyl (C=S) groups is 1. The normalized spacial score (nSPS) is 21.3. The lowest BCUT2D eigenvalue weighted by Crippen LogP contribution is -2.53. The molecule has 0 spiro atoms. The Bertz CT molecular complexity index is 339. The van der Waals surface area contributed by atoms with Crippen LogP contribution in [0.15, 0.2) is 0 Å². The predicted molar refractivity (Wildman–Crippen MR) is 84.0 cm³/mol. The highest BCUT2D eigenvalue weighted by molar-refractivity contribution is 7.80. The predicted octanol–water partition coefficient (Wildman–Crippen LogP) is 3.16. The van der Waals surface area contributed by atoms with E-state index in [0.717, 1.165) is 25.7 Å². The minimum atomic E-state index is -0.620. The molecule has 1 saturated carbocycles. The Kier molecular flexibility index (Phi) is 5.36. The average molecular weight is 284 g/mol. The van der Waals surface area contributed by atoms with E-state index in [9.17, 15) is 4.79 Å². The Hall–Kier alpha value is -0.640. The van der Waals surface area contributed by atoms with Crippen molar-refractivity contribution in [2.24, 2.45) is 16.6 Å². The highest BCUT2D eigenvalue weighted by atomic mass is 32.1. The van der Waals surface area contributed by atoms with E-state index in [4.69, 9.17) is 18.0 Å². The van der Waals surface area contributed by atoms with Crippen LogP contribution in [-0.4, -0.2) is 16.9 Å². The van der Waals surface area contributed by atoms with Crippen LogP contribution in [0.4, 0.5) is 0 Å². The zero-order chi connectivity index (χ0) is 14.7. The monoisotopic (exact) mass is 284 g/mol. The first kappa shape index (κ1) is 16.4. The number of hydrogen-bond donors (Lipinski definition) is 2. The molecular weight excluding hydrogens is 256 g/mol. The van der Waals surface area contributed by atoms with Crippen LogP contribution in [-0.2, 0) is 4.79 Å². The molecule has 19 heavy (non-hydrogen) atoms. The number of amides is 1. The van der Waals surface area contributed by atoms with Crippen molar-refractivity contribution in [1.29, 1.82) is 0 Å². The van der Waals surface area contributed by atoms with Crippen molar-refractivity contribution in [3.05, 3.63) is 0 Å². The highest BCUT2D eigenvalue weighted by Gasteiger charge is 2.42. The maximum Gasteiger partial charge on any atom is 0.233 e. The average Bonchev–Trinajstić information content (AvgIpc) is 2.53. The third-order valence-electron chi connectivity index (χ3n) is 4.51. The van der Waals surface area contributed by atoms with E-state index in [1.807, 2.05) is 6.92 Å². The molecule has 1 fully saturated rings. The zero-order valence-corrected chi connectivity index (χ0v) is 13.5. The maximum atomic E-state index is 12.7. The second-order valence-electron chi connectivity index (χ2n) is 6.92. The first-order valence-corrected chi connectivity index (χ1v) is 7.72. The molecule has 0 heterocycles. The van der Waals surface area contributed by atoms with Crippen LogP contribution < -0.4 is 11.1 Å². The summed E-state index contributed by atoms with van der Waals surface area (Å²) in [7, 11) is 0. The number of carbonyl (C=O) groups is 1. The second kappa shape index (κ2) is 6.21. The summed E-state index contributed by atoms with van der Waals surface area (Å²) in [6, 6.07) is 0.106. The van der Waals surface area contributed by atoms with Crippen LogP contribution in [0.1, 0.15) is 66.2 Å². The summed E-state index contributed by atoms with van der Waals surface area (Å²) in [6.07, 6.45) is 6.01. The van der Waals surface area contributed by atoms with Gasteiger partial charge in [-0.05, 0) is 25.2 Å². The smallest absolute Gasteiger partial charge is 0.233 e. The van der Waals surface area contributed by atoms with Gasteiger partial charge in [-0.1, -0.05) is 58.7 Å². The molecule has 0 aromatic heterocycles. The Labute approximate surface area is 122 Å². The Morgan fingerprint density at radius 1 is 1.21 bits per heavy atom. The summed E-state index contributed by atoms with van der Waals surface area (Å²) < 4.78 is 0. The summed E-state index contributed by atoms with van der Waals surface area (Å²) in [6.45, 7) is 8.41. The van der Waals surface area contributed by atoms with Gasteiger partial charge in [-0.25, -0.2) is 0 Å². The van der Waals surface area contributed by atoms with Gasteiger partial charge in [0.25, 0.3) is 0 Å². The van der Waals surface area contributed by atoms with Gasteiger partial charge in [-0.3, -0.25) is 4.79 Å². The zero-order valence-electron chi connectivity index (χ0n) is 12.7. The van der Waals surface area contributed by atoms with Gasteiger partial charge in [0.2, 0.25) is 5.91 Å². The topological polar surface area (TPSA) is 55.1 Å². The fourth-order valence-corrected chi connectivity index (χ4v) is 2.77. The molecule has 110 valence electrons. The molecule has 1 aliphatic carbocycles. The van der Waals surface area contributed by atoms with E-state index in [1.54, 1.807) is 0 Å². The largest absolute Gasteiger partial charge is 0.392 e. The van der Waals surface area contributed by atoms with Crippen LogP contribution in [0.2, 0.25) is 0 Å². The molecule has 0 aromatic carbocycles. The first-order chi connectivity index (χ1) is 8.70. The molecule has 3 nitrogen and oxygen atoms in total. The number of rotatable bonds is 3. The third-order valence-corrected chi connectivity index (χ3v) is 4.90. The van der Waals surface area contributed by atoms with E-state index < -0.39 is 5.41 Å². The van der Waals surface area contributed by atoms with Crippen LogP contribution in [0.5, 0.6) is 0 Å². The minimum Gasteiger partial charge on any atom is -0.392 e. The van der Waals surface area contributed by atoms with Crippen molar-refractivity contribution in [2.75, 3.05) is 0 Å². The van der Waals surface area contributed by atoms with Gasteiger partial charge in [-0.2, -0.15) is 0 Å². The Balaban J connectivity index is 2.87. The van der Waals surface area contributed by atoms with Gasteiger partial charge < -0.3 is 11.1 Å². The third kappa shape index (κ3) is 3.91. The lowest BCUT2D eigenvalue weighted by molar-refractivity contribution is -0.129. The molecule has 1 rings (SSSR count). The van der Waals surface area contributed by atoms with Gasteiger partial charge in [0, 0.05) is 6.04 Å². The van der Waals surface area contributed by atoms with Crippen LogP contribution in [0.25, 0.3) is 0 Å². The fraction of sp³-hybridized carbons (Fsp3) is 0.867. The van der Waals surface area contributed by atoms with E-state index >= 15 is 0 Å².